The summed E-state index contributed by atoms with van der Waals surface area (Å²) in [6.07, 6.45) is 0.198. The second-order valence-corrected chi connectivity index (χ2v) is 8.09. The topological polar surface area (TPSA) is 83.2 Å². The molecule has 0 aliphatic rings. The largest absolute Gasteiger partial charge is 0.457 e. The number of nitrogens with zero attached hydrogens (tertiary/aromatic N) is 3. The normalized spacial score (nSPS) is 11.1. The van der Waals surface area contributed by atoms with Gasteiger partial charge in [0.05, 0.1) is 17.3 Å². The third-order valence-corrected chi connectivity index (χ3v) is 5.85. The number of halogens is 1. The number of ketones is 1. The van der Waals surface area contributed by atoms with E-state index in [0.29, 0.717) is 22.5 Å². The van der Waals surface area contributed by atoms with Crippen LogP contribution in [0.5, 0.6) is 0 Å². The maximum Gasteiger partial charge on any atom is 0.306 e. The minimum absolute atomic E-state index is 0.0134. The Balaban J connectivity index is 1.40. The summed E-state index contributed by atoms with van der Waals surface area (Å²) in [7, 11) is 1.79. The number of fused-ring (bicyclic) bond motifs is 1. The van der Waals surface area contributed by atoms with Gasteiger partial charge in [-0.05, 0) is 56.3 Å². The number of hydrogen-bond acceptors (Lipinski definition) is 5. The molecule has 0 saturated heterocycles. The fourth-order valence-electron chi connectivity index (χ4n) is 4.10. The molecule has 0 N–H and O–H groups in total. The Labute approximate surface area is 195 Å². The van der Waals surface area contributed by atoms with Gasteiger partial charge < -0.3 is 13.9 Å². The van der Waals surface area contributed by atoms with Gasteiger partial charge in [-0.1, -0.05) is 12.1 Å². The maximum atomic E-state index is 13.3. The number of ether oxygens (including phenoxy) is 1. The number of esters is 1. The van der Waals surface area contributed by atoms with Crippen LogP contribution >= 0.6 is 0 Å². The minimum Gasteiger partial charge on any atom is -0.457 e. The summed E-state index contributed by atoms with van der Waals surface area (Å²) in [6.45, 7) is 3.24. The molecule has 0 aliphatic heterocycles. The number of para-hydroxylation sites is 1. The highest BCUT2D eigenvalue weighted by molar-refractivity contribution is 5.99. The molecule has 0 saturated carbocycles. The van der Waals surface area contributed by atoms with Gasteiger partial charge in [-0.3, -0.25) is 14.4 Å². The van der Waals surface area contributed by atoms with E-state index in [9.17, 15) is 18.8 Å². The van der Waals surface area contributed by atoms with Crippen LogP contribution in [-0.2, 0) is 23.0 Å². The van der Waals surface area contributed by atoms with E-state index in [1.54, 1.807) is 48.9 Å². The highest BCUT2D eigenvalue weighted by atomic mass is 19.1. The van der Waals surface area contributed by atoms with Crippen LogP contribution in [-0.4, -0.2) is 32.5 Å². The van der Waals surface area contributed by atoms with Crippen LogP contribution in [0.4, 0.5) is 4.39 Å². The first-order valence-electron chi connectivity index (χ1n) is 10.8. The number of aryl methyl sites for hydroxylation is 3. The molecule has 34 heavy (non-hydrogen) atoms. The van der Waals surface area contributed by atoms with Crippen molar-refractivity contribution in [2.24, 2.45) is 7.05 Å². The third kappa shape index (κ3) is 4.52. The first kappa shape index (κ1) is 23.1. The Morgan fingerprint density at radius 1 is 1.06 bits per heavy atom. The molecule has 0 aliphatic carbocycles. The zero-order valence-corrected chi connectivity index (χ0v) is 19.2. The molecular formula is C26H24FN3O4. The number of carbonyl (C=O) groups is 2. The van der Waals surface area contributed by atoms with E-state index in [-0.39, 0.29) is 30.0 Å². The van der Waals surface area contributed by atoms with E-state index in [4.69, 9.17) is 4.74 Å². The van der Waals surface area contributed by atoms with Crippen molar-refractivity contribution in [3.05, 3.63) is 93.5 Å². The average Bonchev–Trinajstić information content (AvgIpc) is 3.13. The highest BCUT2D eigenvalue weighted by Crippen LogP contribution is 2.22. The first-order chi connectivity index (χ1) is 16.3. The van der Waals surface area contributed by atoms with E-state index in [2.05, 4.69) is 4.98 Å². The maximum absolute atomic E-state index is 13.3. The Kier molecular flexibility index (Phi) is 6.40. The molecule has 0 radical (unpaired) electrons. The lowest BCUT2D eigenvalue weighted by Crippen LogP contribution is -2.19. The summed E-state index contributed by atoms with van der Waals surface area (Å²) < 4.78 is 22.1. The van der Waals surface area contributed by atoms with Gasteiger partial charge in [0.2, 0.25) is 5.78 Å². The SMILES string of the molecule is Cc1cc(C(=O)COC(=O)CCc2nc(=O)c3ccccc3n2C)c(C)n1-c1ccc(F)cc1. The van der Waals surface area contributed by atoms with E-state index in [0.717, 1.165) is 16.9 Å². The number of hydrogen-bond donors (Lipinski definition) is 0. The van der Waals surface area contributed by atoms with Gasteiger partial charge in [0.25, 0.3) is 5.56 Å². The Morgan fingerprint density at radius 2 is 1.76 bits per heavy atom. The molecule has 4 aromatic rings. The van der Waals surface area contributed by atoms with Crippen molar-refractivity contribution in [2.75, 3.05) is 6.61 Å². The van der Waals surface area contributed by atoms with Gasteiger partial charge in [0.15, 0.2) is 6.61 Å². The van der Waals surface area contributed by atoms with E-state index in [1.807, 2.05) is 23.6 Å². The summed E-state index contributed by atoms with van der Waals surface area (Å²) in [5.74, 6) is -0.752. The molecule has 0 fully saturated rings. The van der Waals surface area contributed by atoms with Crippen LogP contribution in [0.1, 0.15) is 34.0 Å². The van der Waals surface area contributed by atoms with Crippen LogP contribution in [0.15, 0.2) is 59.4 Å². The monoisotopic (exact) mass is 461 g/mol. The number of carbonyl (C=O) groups excluding carboxylic acids is 2. The number of aromatic nitrogens is 3. The van der Waals surface area contributed by atoms with Crippen LogP contribution in [0, 0.1) is 19.7 Å². The van der Waals surface area contributed by atoms with Crippen molar-refractivity contribution in [3.8, 4) is 5.69 Å². The lowest BCUT2D eigenvalue weighted by molar-refractivity contribution is -0.142. The summed E-state index contributed by atoms with van der Waals surface area (Å²) in [5, 5.41) is 0.514. The zero-order chi connectivity index (χ0) is 24.4. The molecule has 7 nitrogen and oxygen atoms in total. The van der Waals surface area contributed by atoms with Crippen molar-refractivity contribution in [3.63, 3.8) is 0 Å². The van der Waals surface area contributed by atoms with Crippen molar-refractivity contribution in [1.82, 2.24) is 14.1 Å². The highest BCUT2D eigenvalue weighted by Gasteiger charge is 2.19. The Hall–Kier alpha value is -4.07. The van der Waals surface area contributed by atoms with Gasteiger partial charge in [-0.25, -0.2) is 4.39 Å². The lowest BCUT2D eigenvalue weighted by atomic mass is 10.1. The molecule has 0 bridgehead atoms. The lowest BCUT2D eigenvalue weighted by Gasteiger charge is -2.11. The van der Waals surface area contributed by atoms with Gasteiger partial charge >= 0.3 is 5.97 Å². The van der Waals surface area contributed by atoms with Crippen LogP contribution in [0.2, 0.25) is 0 Å². The molecule has 2 aromatic heterocycles. The molecule has 0 unspecified atom stereocenters. The molecule has 2 heterocycles. The first-order valence-corrected chi connectivity index (χ1v) is 10.8. The Bertz CT molecular complexity index is 1450. The number of Topliss-reactive ketones (excluding diaryl/α,β-unsaturated/α-hetero) is 1. The zero-order valence-electron chi connectivity index (χ0n) is 19.2. The molecule has 0 atom stereocenters. The summed E-state index contributed by atoms with van der Waals surface area (Å²) in [5.41, 5.74) is 3.05. The summed E-state index contributed by atoms with van der Waals surface area (Å²) in [4.78, 5) is 41.3. The standard InChI is InChI=1S/C26H24FN3O4/c1-16-14-21(17(2)30(16)19-10-8-18(27)9-11-19)23(31)15-34-25(32)13-12-24-28-26(33)20-6-4-5-7-22(20)29(24)3/h4-11,14H,12-13,15H2,1-3H3. The van der Waals surface area contributed by atoms with E-state index < -0.39 is 12.6 Å². The quantitative estimate of drug-likeness (QED) is 0.309. The molecular weight excluding hydrogens is 437 g/mol. The summed E-state index contributed by atoms with van der Waals surface area (Å²) >= 11 is 0. The van der Waals surface area contributed by atoms with Crippen LogP contribution in [0.3, 0.4) is 0 Å². The average molecular weight is 461 g/mol. The van der Waals surface area contributed by atoms with Crippen molar-refractivity contribution in [1.29, 1.82) is 0 Å². The minimum atomic E-state index is -0.553. The van der Waals surface area contributed by atoms with Crippen LogP contribution < -0.4 is 5.56 Å². The van der Waals surface area contributed by atoms with Gasteiger partial charge in [0.1, 0.15) is 11.6 Å². The van der Waals surface area contributed by atoms with E-state index in [1.165, 1.54) is 12.1 Å². The smallest absolute Gasteiger partial charge is 0.306 e. The Morgan fingerprint density at radius 3 is 2.50 bits per heavy atom. The molecule has 0 spiro atoms. The van der Waals surface area contributed by atoms with Gasteiger partial charge in [-0.2, -0.15) is 4.98 Å². The fourth-order valence-corrected chi connectivity index (χ4v) is 4.10. The van der Waals surface area contributed by atoms with Gasteiger partial charge in [-0.15, -0.1) is 0 Å². The molecule has 8 heteroatoms. The summed E-state index contributed by atoms with van der Waals surface area (Å²) in [6, 6.07) is 14.9. The third-order valence-electron chi connectivity index (χ3n) is 5.85. The van der Waals surface area contributed by atoms with E-state index >= 15 is 0 Å². The van der Waals surface area contributed by atoms with Crippen molar-refractivity contribution >= 4 is 22.7 Å². The van der Waals surface area contributed by atoms with Crippen molar-refractivity contribution in [2.45, 2.75) is 26.7 Å². The predicted molar refractivity (Wildman–Crippen MR) is 126 cm³/mol. The molecule has 174 valence electrons. The molecule has 4 rings (SSSR count). The van der Waals surface area contributed by atoms with Gasteiger partial charge in [0, 0.05) is 36.1 Å². The predicted octanol–water partition coefficient (Wildman–Crippen LogP) is 3.84. The number of rotatable bonds is 7. The molecule has 0 amide bonds. The molecule has 2 aromatic carbocycles. The van der Waals surface area contributed by atoms with Crippen LogP contribution in [0.25, 0.3) is 16.6 Å². The second kappa shape index (κ2) is 9.43. The number of benzene rings is 2. The second-order valence-electron chi connectivity index (χ2n) is 8.09. The fraction of sp³-hybridized carbons (Fsp3) is 0.231. The van der Waals surface area contributed by atoms with Crippen molar-refractivity contribution < 1.29 is 18.7 Å².